The summed E-state index contributed by atoms with van der Waals surface area (Å²) in [6, 6.07) is 12.4. The van der Waals surface area contributed by atoms with Crippen molar-refractivity contribution in [1.82, 2.24) is 5.32 Å². The van der Waals surface area contributed by atoms with Crippen LogP contribution in [0.3, 0.4) is 0 Å². The molecular formula is C19H18Cl2N2O4S. The zero-order valence-corrected chi connectivity index (χ0v) is 17.1. The van der Waals surface area contributed by atoms with Gasteiger partial charge >= 0.3 is 0 Å². The monoisotopic (exact) mass is 440 g/mol. The lowest BCUT2D eigenvalue weighted by atomic mass is 10.2. The molecule has 9 heteroatoms. The molecule has 2 aromatic rings. The van der Waals surface area contributed by atoms with Crippen molar-refractivity contribution in [2.24, 2.45) is 0 Å². The molecule has 28 heavy (non-hydrogen) atoms. The Hall–Kier alpha value is -1.93. The van der Waals surface area contributed by atoms with Crippen LogP contribution in [0.5, 0.6) is 5.75 Å². The number of fused-ring (bicyclic) bond motifs is 1. The molecule has 1 aliphatic heterocycles. The summed E-state index contributed by atoms with van der Waals surface area (Å²) >= 11 is 13.4. The Morgan fingerprint density at radius 3 is 2.86 bits per heavy atom. The summed E-state index contributed by atoms with van der Waals surface area (Å²) in [5.74, 6) is 0.155. The molecule has 0 fully saturated rings. The van der Waals surface area contributed by atoms with Gasteiger partial charge in [-0.15, -0.1) is 11.8 Å². The average Bonchev–Trinajstić information content (AvgIpc) is 2.69. The predicted molar refractivity (Wildman–Crippen MR) is 110 cm³/mol. The number of hydrogen-bond donors (Lipinski definition) is 2. The number of nitrogens with one attached hydrogen (secondary N) is 1. The van der Waals surface area contributed by atoms with Crippen molar-refractivity contribution in [2.75, 3.05) is 30.3 Å². The van der Waals surface area contributed by atoms with Gasteiger partial charge in [-0.25, -0.2) is 0 Å². The maximum absolute atomic E-state index is 12.2. The van der Waals surface area contributed by atoms with Crippen molar-refractivity contribution in [3.05, 3.63) is 52.5 Å². The fourth-order valence-corrected chi connectivity index (χ4v) is 3.88. The van der Waals surface area contributed by atoms with Crippen molar-refractivity contribution in [1.29, 1.82) is 0 Å². The van der Waals surface area contributed by atoms with Gasteiger partial charge in [-0.1, -0.05) is 41.4 Å². The third-order valence-corrected chi connectivity index (χ3v) is 5.84. The molecule has 0 bridgehead atoms. The van der Waals surface area contributed by atoms with Gasteiger partial charge in [0.2, 0.25) is 11.8 Å². The van der Waals surface area contributed by atoms with Gasteiger partial charge in [-0.2, -0.15) is 0 Å². The van der Waals surface area contributed by atoms with Crippen molar-refractivity contribution in [3.8, 4) is 5.75 Å². The second kappa shape index (κ2) is 9.52. The highest BCUT2D eigenvalue weighted by molar-refractivity contribution is 8.00. The fourth-order valence-electron chi connectivity index (χ4n) is 2.60. The number of para-hydroxylation sites is 1. The van der Waals surface area contributed by atoms with Crippen LogP contribution in [0.2, 0.25) is 10.0 Å². The number of carbonyl (C=O) groups is 2. The number of halogens is 2. The molecule has 1 unspecified atom stereocenters. The van der Waals surface area contributed by atoms with E-state index in [1.165, 1.54) is 16.7 Å². The van der Waals surface area contributed by atoms with Gasteiger partial charge in [-0.05, 0) is 24.3 Å². The van der Waals surface area contributed by atoms with Gasteiger partial charge in [0, 0.05) is 11.4 Å². The molecule has 2 N–H and O–H groups in total. The third-order valence-electron chi connectivity index (χ3n) is 3.99. The van der Waals surface area contributed by atoms with Crippen LogP contribution in [0, 0.1) is 0 Å². The van der Waals surface area contributed by atoms with E-state index in [4.69, 9.17) is 27.9 Å². The van der Waals surface area contributed by atoms with E-state index < -0.39 is 6.10 Å². The number of anilines is 1. The van der Waals surface area contributed by atoms with Crippen LogP contribution < -0.4 is 15.0 Å². The van der Waals surface area contributed by atoms with E-state index in [1.54, 1.807) is 18.2 Å². The van der Waals surface area contributed by atoms with Gasteiger partial charge in [0.1, 0.15) is 30.0 Å². The predicted octanol–water partition coefficient (Wildman–Crippen LogP) is 2.99. The zero-order chi connectivity index (χ0) is 20.1. The molecule has 0 saturated heterocycles. The lowest BCUT2D eigenvalue weighted by Crippen LogP contribution is -2.45. The summed E-state index contributed by atoms with van der Waals surface area (Å²) in [7, 11) is 0. The number of benzene rings is 2. The molecule has 1 atom stereocenters. The van der Waals surface area contributed by atoms with E-state index in [0.29, 0.717) is 16.5 Å². The second-order valence-corrected chi connectivity index (χ2v) is 7.86. The Bertz CT molecular complexity index is 881. The topological polar surface area (TPSA) is 78.9 Å². The Morgan fingerprint density at radius 1 is 1.25 bits per heavy atom. The fraction of sp³-hybridized carbons (Fsp3) is 0.263. The summed E-state index contributed by atoms with van der Waals surface area (Å²) in [4.78, 5) is 26.8. The molecule has 1 aliphatic rings. The number of thioether (sulfide) groups is 1. The number of carbonyl (C=O) groups excluding carboxylic acids is 2. The minimum atomic E-state index is -0.945. The molecule has 2 aromatic carbocycles. The maximum atomic E-state index is 12.2. The molecule has 0 aromatic heterocycles. The molecule has 1 heterocycles. The van der Waals surface area contributed by atoms with Gasteiger partial charge in [0.25, 0.3) is 0 Å². The number of aliphatic hydroxyl groups is 1. The molecule has 148 valence electrons. The van der Waals surface area contributed by atoms with E-state index in [1.807, 2.05) is 24.3 Å². The largest absolute Gasteiger partial charge is 0.489 e. The maximum Gasteiger partial charge on any atom is 0.240 e. The van der Waals surface area contributed by atoms with Crippen LogP contribution in [0.15, 0.2) is 47.4 Å². The van der Waals surface area contributed by atoms with Crippen molar-refractivity contribution >= 4 is 52.5 Å². The normalized spacial score (nSPS) is 14.4. The number of ether oxygens (including phenoxy) is 1. The first-order chi connectivity index (χ1) is 13.5. The van der Waals surface area contributed by atoms with E-state index >= 15 is 0 Å². The van der Waals surface area contributed by atoms with Crippen LogP contribution in [-0.2, 0) is 9.59 Å². The second-order valence-electron chi connectivity index (χ2n) is 6.06. The number of hydrogen-bond acceptors (Lipinski definition) is 5. The lowest BCUT2D eigenvalue weighted by Gasteiger charge is -2.28. The van der Waals surface area contributed by atoms with Gasteiger partial charge in [-0.3, -0.25) is 9.59 Å². The quantitative estimate of drug-likeness (QED) is 0.691. The lowest BCUT2D eigenvalue weighted by molar-refractivity contribution is -0.123. The Kier molecular flexibility index (Phi) is 7.07. The molecule has 0 saturated carbocycles. The molecule has 0 aliphatic carbocycles. The highest BCUT2D eigenvalue weighted by Crippen LogP contribution is 2.34. The number of nitrogens with zero attached hydrogens (tertiary/aromatic N) is 1. The van der Waals surface area contributed by atoms with Crippen molar-refractivity contribution < 1.29 is 19.4 Å². The highest BCUT2D eigenvalue weighted by atomic mass is 35.5. The van der Waals surface area contributed by atoms with Crippen molar-refractivity contribution in [2.45, 2.75) is 11.0 Å². The minimum absolute atomic E-state index is 0.0184. The number of rotatable bonds is 7. The van der Waals surface area contributed by atoms with Gasteiger partial charge < -0.3 is 20.1 Å². The molecule has 2 amide bonds. The van der Waals surface area contributed by atoms with E-state index in [9.17, 15) is 14.7 Å². The highest BCUT2D eigenvalue weighted by Gasteiger charge is 2.26. The molecule has 0 spiro atoms. The van der Waals surface area contributed by atoms with Crippen LogP contribution in [0.25, 0.3) is 0 Å². The molecule has 6 nitrogen and oxygen atoms in total. The van der Waals surface area contributed by atoms with Crippen LogP contribution in [0.4, 0.5) is 5.69 Å². The van der Waals surface area contributed by atoms with Gasteiger partial charge in [0.05, 0.1) is 16.5 Å². The summed E-state index contributed by atoms with van der Waals surface area (Å²) < 4.78 is 5.44. The zero-order valence-electron chi connectivity index (χ0n) is 14.7. The van der Waals surface area contributed by atoms with E-state index in [0.717, 1.165) is 10.6 Å². The minimum Gasteiger partial charge on any atom is -0.489 e. The smallest absolute Gasteiger partial charge is 0.240 e. The first-order valence-corrected chi connectivity index (χ1v) is 10.2. The molecular weight excluding hydrogens is 423 g/mol. The van der Waals surface area contributed by atoms with Crippen LogP contribution >= 0.6 is 35.0 Å². The Labute approximate surface area is 176 Å². The first kappa shape index (κ1) is 20.8. The van der Waals surface area contributed by atoms with E-state index in [-0.39, 0.29) is 36.5 Å². The number of aliphatic hydroxyl groups excluding tert-OH is 1. The first-order valence-electron chi connectivity index (χ1n) is 8.49. The summed E-state index contributed by atoms with van der Waals surface area (Å²) in [5, 5.41) is 13.3. The SMILES string of the molecule is O=C(CN1C(=O)CSc2ccccc21)NCC(O)COc1cccc(Cl)c1Cl. The van der Waals surface area contributed by atoms with Crippen LogP contribution in [-0.4, -0.2) is 48.5 Å². The standard InChI is InChI=1S/C19H18Cl2N2O4S/c20-13-4-3-6-15(19(13)21)27-10-12(24)8-22-17(25)9-23-14-5-1-2-7-16(14)28-11-18(23)26/h1-7,12,24H,8-11H2,(H,22,25). The Balaban J connectivity index is 1.49. The Morgan fingerprint density at radius 2 is 2.04 bits per heavy atom. The third kappa shape index (κ3) is 5.11. The number of amides is 2. The van der Waals surface area contributed by atoms with E-state index in [2.05, 4.69) is 5.32 Å². The van der Waals surface area contributed by atoms with Crippen molar-refractivity contribution in [3.63, 3.8) is 0 Å². The average molecular weight is 441 g/mol. The summed E-state index contributed by atoms with van der Waals surface area (Å²) in [6.45, 7) is -0.192. The molecule has 0 radical (unpaired) electrons. The summed E-state index contributed by atoms with van der Waals surface area (Å²) in [5.41, 5.74) is 0.721. The molecule has 3 rings (SSSR count). The van der Waals surface area contributed by atoms with Gasteiger partial charge in [0.15, 0.2) is 0 Å². The van der Waals surface area contributed by atoms with Crippen LogP contribution in [0.1, 0.15) is 0 Å². The summed E-state index contributed by atoms with van der Waals surface area (Å²) in [6.07, 6.45) is -0.945.